The summed E-state index contributed by atoms with van der Waals surface area (Å²) < 4.78 is 29.1. The highest BCUT2D eigenvalue weighted by molar-refractivity contribution is 7.88. The molecule has 12 heteroatoms. The largest absolute Gasteiger partial charge is 0.336 e. The standard InChI is InChI=1S/C28H32ClN5O5S/c1-33-16-15-30-24(33)17-39-31-27(35)25-20-7-3-4-8-21(20)28(36)34(26(25)18-11-13-19(29)14-12-18)23-10-6-5-9-22(23)32-40(2,37)38/h3-4,7-8,11-16,22-23,25-26,32H,5-6,9-10,17H2,1-2H3,(H,31,35)/t22-,23?,25+,26-/m0/s1. The van der Waals surface area contributed by atoms with Gasteiger partial charge in [0.1, 0.15) is 12.4 Å². The van der Waals surface area contributed by atoms with Gasteiger partial charge in [-0.3, -0.25) is 14.4 Å². The minimum atomic E-state index is -3.54. The lowest BCUT2D eigenvalue weighted by molar-refractivity contribution is -0.138. The quantitative estimate of drug-likeness (QED) is 0.390. The molecule has 0 radical (unpaired) electrons. The summed E-state index contributed by atoms with van der Waals surface area (Å²) in [6.45, 7) is 0.0564. The van der Waals surface area contributed by atoms with E-state index in [2.05, 4.69) is 15.2 Å². The fourth-order valence-corrected chi connectivity index (χ4v) is 6.79. The molecule has 2 heterocycles. The molecular formula is C28H32ClN5O5S. The zero-order valence-corrected chi connectivity index (χ0v) is 23.9. The lowest BCUT2D eigenvalue weighted by atomic mass is 9.76. The van der Waals surface area contributed by atoms with Crippen molar-refractivity contribution in [3.8, 4) is 0 Å². The topological polar surface area (TPSA) is 123 Å². The number of aromatic nitrogens is 2. The Labute approximate surface area is 238 Å². The van der Waals surface area contributed by atoms with Gasteiger partial charge < -0.3 is 9.47 Å². The molecule has 2 aliphatic rings. The molecule has 3 aromatic rings. The lowest BCUT2D eigenvalue weighted by Crippen LogP contribution is -2.59. The number of nitrogens with one attached hydrogen (secondary N) is 2. The van der Waals surface area contributed by atoms with Crippen LogP contribution in [0, 0.1) is 0 Å². The first kappa shape index (κ1) is 28.3. The molecule has 1 aliphatic carbocycles. The summed E-state index contributed by atoms with van der Waals surface area (Å²) in [5.41, 5.74) is 4.28. The van der Waals surface area contributed by atoms with Crippen LogP contribution in [0.4, 0.5) is 0 Å². The molecule has 1 unspecified atom stereocenters. The van der Waals surface area contributed by atoms with Crippen LogP contribution < -0.4 is 10.2 Å². The zero-order chi connectivity index (χ0) is 28.4. The van der Waals surface area contributed by atoms with Crippen molar-refractivity contribution in [3.63, 3.8) is 0 Å². The molecule has 1 fully saturated rings. The van der Waals surface area contributed by atoms with Crippen LogP contribution in [0.15, 0.2) is 60.9 Å². The van der Waals surface area contributed by atoms with Gasteiger partial charge in [-0.05, 0) is 42.2 Å². The smallest absolute Gasteiger partial charge is 0.255 e. The number of carbonyl (C=O) groups excluding carboxylic acids is 2. The molecule has 5 rings (SSSR count). The van der Waals surface area contributed by atoms with Crippen LogP contribution in [-0.4, -0.2) is 53.0 Å². The first-order chi connectivity index (χ1) is 19.1. The Morgan fingerprint density at radius 3 is 2.55 bits per heavy atom. The van der Waals surface area contributed by atoms with Crippen LogP contribution in [-0.2, 0) is 33.3 Å². The monoisotopic (exact) mass is 585 g/mol. The predicted molar refractivity (Wildman–Crippen MR) is 150 cm³/mol. The molecule has 0 spiro atoms. The Kier molecular flexibility index (Phi) is 8.27. The molecule has 10 nitrogen and oxygen atoms in total. The Hall–Kier alpha value is -3.25. The Balaban J connectivity index is 1.57. The number of sulfonamides is 1. The van der Waals surface area contributed by atoms with Gasteiger partial charge in [0, 0.05) is 42.1 Å². The number of hydroxylamine groups is 1. The van der Waals surface area contributed by atoms with Crippen LogP contribution >= 0.6 is 11.6 Å². The summed E-state index contributed by atoms with van der Waals surface area (Å²) in [6.07, 6.45) is 7.38. The van der Waals surface area contributed by atoms with Crippen molar-refractivity contribution in [1.29, 1.82) is 0 Å². The third-order valence-electron chi connectivity index (χ3n) is 7.62. The minimum Gasteiger partial charge on any atom is -0.336 e. The zero-order valence-electron chi connectivity index (χ0n) is 22.3. The number of hydrogen-bond acceptors (Lipinski definition) is 6. The average Bonchev–Trinajstić information content (AvgIpc) is 3.33. The molecule has 40 heavy (non-hydrogen) atoms. The van der Waals surface area contributed by atoms with Gasteiger partial charge >= 0.3 is 0 Å². The first-order valence-electron chi connectivity index (χ1n) is 13.2. The molecule has 1 aliphatic heterocycles. The number of hydrogen-bond donors (Lipinski definition) is 2. The molecule has 1 aromatic heterocycles. The summed E-state index contributed by atoms with van der Waals surface area (Å²) in [6, 6.07) is 12.4. The number of amides is 2. The van der Waals surface area contributed by atoms with Crippen molar-refractivity contribution in [1.82, 2.24) is 24.7 Å². The molecule has 212 valence electrons. The van der Waals surface area contributed by atoms with Crippen molar-refractivity contribution in [2.75, 3.05) is 6.26 Å². The maximum absolute atomic E-state index is 14.2. The number of fused-ring (bicyclic) bond motifs is 1. The van der Waals surface area contributed by atoms with E-state index in [9.17, 15) is 18.0 Å². The fourth-order valence-electron chi connectivity index (χ4n) is 5.84. The number of aryl methyl sites for hydroxylation is 1. The van der Waals surface area contributed by atoms with Crippen LogP contribution in [0.2, 0.25) is 5.02 Å². The second-order valence-electron chi connectivity index (χ2n) is 10.3. The highest BCUT2D eigenvalue weighted by Crippen LogP contribution is 2.46. The van der Waals surface area contributed by atoms with Crippen molar-refractivity contribution in [3.05, 3.63) is 88.5 Å². The third-order valence-corrected chi connectivity index (χ3v) is 8.60. The van der Waals surface area contributed by atoms with Gasteiger partial charge in [-0.2, -0.15) is 0 Å². The number of nitrogens with zero attached hydrogens (tertiary/aromatic N) is 3. The van der Waals surface area contributed by atoms with Crippen molar-refractivity contribution in [2.45, 2.75) is 56.3 Å². The summed E-state index contributed by atoms with van der Waals surface area (Å²) >= 11 is 6.21. The third kappa shape index (κ3) is 5.92. The average molecular weight is 586 g/mol. The number of imidazole rings is 1. The van der Waals surface area contributed by atoms with Gasteiger partial charge in [-0.1, -0.05) is 54.8 Å². The SMILES string of the molecule is Cn1ccnc1CONC(=O)[C@@H]1c2ccccc2C(=O)N(C2CCCC[C@@H]2NS(C)(=O)=O)[C@H]1c1ccc(Cl)cc1. The van der Waals surface area contributed by atoms with Crippen molar-refractivity contribution in [2.24, 2.45) is 7.05 Å². The van der Waals surface area contributed by atoms with E-state index in [-0.39, 0.29) is 12.5 Å². The molecule has 2 amide bonds. The van der Waals surface area contributed by atoms with Gasteiger partial charge in [-0.15, -0.1) is 0 Å². The summed E-state index contributed by atoms with van der Waals surface area (Å²) in [5.74, 6) is -0.882. The Morgan fingerprint density at radius 2 is 1.85 bits per heavy atom. The predicted octanol–water partition coefficient (Wildman–Crippen LogP) is 3.46. The van der Waals surface area contributed by atoms with Gasteiger partial charge in [0.05, 0.1) is 18.2 Å². The highest BCUT2D eigenvalue weighted by atomic mass is 35.5. The summed E-state index contributed by atoms with van der Waals surface area (Å²) in [5, 5.41) is 0.520. The van der Waals surface area contributed by atoms with E-state index in [4.69, 9.17) is 16.4 Å². The van der Waals surface area contributed by atoms with E-state index in [1.54, 1.807) is 70.4 Å². The Morgan fingerprint density at radius 1 is 1.12 bits per heavy atom. The molecule has 4 atom stereocenters. The second kappa shape index (κ2) is 11.7. The van der Waals surface area contributed by atoms with E-state index in [1.807, 2.05) is 7.05 Å². The highest BCUT2D eigenvalue weighted by Gasteiger charge is 2.49. The van der Waals surface area contributed by atoms with E-state index < -0.39 is 40.0 Å². The van der Waals surface area contributed by atoms with Crippen LogP contribution in [0.5, 0.6) is 0 Å². The molecule has 0 saturated heterocycles. The second-order valence-corrected chi connectivity index (χ2v) is 12.5. The molecule has 0 bridgehead atoms. The molecular weight excluding hydrogens is 554 g/mol. The van der Waals surface area contributed by atoms with E-state index in [0.29, 0.717) is 40.4 Å². The first-order valence-corrected chi connectivity index (χ1v) is 15.4. The normalized spacial score (nSPS) is 23.1. The maximum atomic E-state index is 14.2. The van der Waals surface area contributed by atoms with E-state index in [1.165, 1.54) is 0 Å². The molecule has 2 N–H and O–H groups in total. The van der Waals surface area contributed by atoms with Gasteiger partial charge in [0.2, 0.25) is 10.0 Å². The maximum Gasteiger partial charge on any atom is 0.255 e. The number of benzene rings is 2. The Bertz CT molecular complexity index is 1490. The van der Waals surface area contributed by atoms with E-state index >= 15 is 0 Å². The van der Waals surface area contributed by atoms with E-state index in [0.717, 1.165) is 19.1 Å². The number of rotatable bonds is 8. The van der Waals surface area contributed by atoms with Crippen LogP contribution in [0.25, 0.3) is 0 Å². The molecule has 1 saturated carbocycles. The van der Waals surface area contributed by atoms with Crippen molar-refractivity contribution < 1.29 is 22.8 Å². The van der Waals surface area contributed by atoms with Gasteiger partial charge in [-0.25, -0.2) is 23.6 Å². The van der Waals surface area contributed by atoms with Gasteiger partial charge in [0.25, 0.3) is 11.8 Å². The minimum absolute atomic E-state index is 0.0564. The number of carbonyl (C=O) groups is 2. The lowest BCUT2D eigenvalue weighted by Gasteiger charge is -2.49. The van der Waals surface area contributed by atoms with Crippen LogP contribution in [0.1, 0.15) is 65.0 Å². The van der Waals surface area contributed by atoms with Crippen LogP contribution in [0.3, 0.4) is 0 Å². The molecule has 2 aromatic carbocycles. The fraction of sp³-hybridized carbons (Fsp3) is 0.393. The van der Waals surface area contributed by atoms with Crippen molar-refractivity contribution >= 4 is 33.4 Å². The summed E-state index contributed by atoms with van der Waals surface area (Å²) in [7, 11) is -1.71. The summed E-state index contributed by atoms with van der Waals surface area (Å²) in [4.78, 5) is 39.6. The number of halogens is 1. The van der Waals surface area contributed by atoms with Gasteiger partial charge in [0.15, 0.2) is 0 Å².